The first kappa shape index (κ1) is 13.8. The highest BCUT2D eigenvalue weighted by molar-refractivity contribution is 5.92. The largest absolute Gasteiger partial charge is 0.379 e. The zero-order valence-electron chi connectivity index (χ0n) is 12.1. The van der Waals surface area contributed by atoms with Crippen molar-refractivity contribution in [3.05, 3.63) is 48.3 Å². The smallest absolute Gasteiger partial charge is 0.272 e. The molecule has 0 aliphatic carbocycles. The molecule has 1 aromatic carbocycles. The van der Waals surface area contributed by atoms with Crippen LogP contribution in [0.5, 0.6) is 0 Å². The molecule has 21 heavy (non-hydrogen) atoms. The highest BCUT2D eigenvalue weighted by atomic mass is 16.5. The maximum Gasteiger partial charge on any atom is 0.272 e. The summed E-state index contributed by atoms with van der Waals surface area (Å²) in [5.41, 5.74) is 1.06. The van der Waals surface area contributed by atoms with Crippen LogP contribution < -0.4 is 5.32 Å². The summed E-state index contributed by atoms with van der Waals surface area (Å²) in [6.45, 7) is 3.34. The van der Waals surface area contributed by atoms with E-state index in [1.165, 1.54) is 0 Å². The molecule has 1 aliphatic rings. The lowest BCUT2D eigenvalue weighted by Crippen LogP contribution is -2.51. The van der Waals surface area contributed by atoms with E-state index in [9.17, 15) is 4.79 Å². The van der Waals surface area contributed by atoms with E-state index in [0.29, 0.717) is 12.3 Å². The van der Waals surface area contributed by atoms with Crippen molar-refractivity contribution in [3.8, 4) is 5.69 Å². The Kier molecular flexibility index (Phi) is 3.75. The number of aromatic nitrogens is 2. The summed E-state index contributed by atoms with van der Waals surface area (Å²) in [5.74, 6) is -0.155. The van der Waals surface area contributed by atoms with Crippen LogP contribution in [-0.2, 0) is 4.74 Å². The van der Waals surface area contributed by atoms with Gasteiger partial charge in [-0.05, 0) is 38.0 Å². The second-order valence-electron chi connectivity index (χ2n) is 5.65. The second kappa shape index (κ2) is 5.69. The quantitative estimate of drug-likeness (QED) is 0.940. The molecular weight excluding hydrogens is 266 g/mol. The Morgan fingerprint density at radius 1 is 1.33 bits per heavy atom. The zero-order chi connectivity index (χ0) is 14.7. The monoisotopic (exact) mass is 285 g/mol. The molecule has 5 heteroatoms. The maximum atomic E-state index is 12.3. The van der Waals surface area contributed by atoms with Gasteiger partial charge >= 0.3 is 0 Å². The Morgan fingerprint density at radius 2 is 2.14 bits per heavy atom. The summed E-state index contributed by atoms with van der Waals surface area (Å²) in [6.07, 6.45) is 3.69. The van der Waals surface area contributed by atoms with Crippen molar-refractivity contribution in [2.75, 3.05) is 13.2 Å². The zero-order valence-corrected chi connectivity index (χ0v) is 12.1. The third-order valence-corrected chi connectivity index (χ3v) is 3.70. The van der Waals surface area contributed by atoms with E-state index in [1.54, 1.807) is 16.9 Å². The highest BCUT2D eigenvalue weighted by Crippen LogP contribution is 2.19. The fourth-order valence-electron chi connectivity index (χ4n) is 2.54. The minimum Gasteiger partial charge on any atom is -0.379 e. The molecule has 2 heterocycles. The fourth-order valence-corrected chi connectivity index (χ4v) is 2.54. The van der Waals surface area contributed by atoms with Crippen LogP contribution in [0, 0.1) is 0 Å². The van der Waals surface area contributed by atoms with Gasteiger partial charge in [0, 0.05) is 12.8 Å². The van der Waals surface area contributed by atoms with Crippen molar-refractivity contribution in [3.63, 3.8) is 0 Å². The van der Waals surface area contributed by atoms with Crippen LogP contribution >= 0.6 is 0 Å². The molecule has 0 spiro atoms. The molecule has 1 N–H and O–H groups in total. The van der Waals surface area contributed by atoms with Crippen LogP contribution in [0.1, 0.15) is 30.3 Å². The first-order valence-corrected chi connectivity index (χ1v) is 7.18. The maximum absolute atomic E-state index is 12.3. The van der Waals surface area contributed by atoms with Crippen LogP contribution in [0.25, 0.3) is 5.69 Å². The van der Waals surface area contributed by atoms with Gasteiger partial charge in [0.2, 0.25) is 0 Å². The summed E-state index contributed by atoms with van der Waals surface area (Å²) in [4.78, 5) is 12.3. The first-order valence-electron chi connectivity index (χ1n) is 7.18. The normalized spacial score (nSPS) is 22.0. The number of benzene rings is 1. The van der Waals surface area contributed by atoms with Crippen molar-refractivity contribution in [2.45, 2.75) is 25.3 Å². The molecule has 1 fully saturated rings. The van der Waals surface area contributed by atoms with Gasteiger partial charge in [-0.3, -0.25) is 4.79 Å². The molecule has 2 aromatic rings. The van der Waals surface area contributed by atoms with Gasteiger partial charge in [-0.2, -0.15) is 5.10 Å². The molecule has 1 saturated heterocycles. The number of hydrogen-bond acceptors (Lipinski definition) is 3. The minimum absolute atomic E-state index is 0.155. The van der Waals surface area contributed by atoms with E-state index < -0.39 is 0 Å². The lowest BCUT2D eigenvalue weighted by Gasteiger charge is -2.33. The number of nitrogens with one attached hydrogen (secondary N) is 1. The molecule has 1 atom stereocenters. The molecule has 0 unspecified atom stereocenters. The molecule has 1 amide bonds. The molecular formula is C16H19N3O2. The van der Waals surface area contributed by atoms with E-state index in [1.807, 2.05) is 37.3 Å². The van der Waals surface area contributed by atoms with Crippen molar-refractivity contribution < 1.29 is 9.53 Å². The summed E-state index contributed by atoms with van der Waals surface area (Å²) >= 11 is 0. The topological polar surface area (TPSA) is 56.2 Å². The number of carbonyl (C=O) groups excluding carboxylic acids is 1. The molecule has 110 valence electrons. The number of carbonyl (C=O) groups is 1. The van der Waals surface area contributed by atoms with Gasteiger partial charge in [0.05, 0.1) is 17.8 Å². The summed E-state index contributed by atoms with van der Waals surface area (Å²) in [7, 11) is 0. The van der Waals surface area contributed by atoms with Gasteiger partial charge in [-0.1, -0.05) is 18.2 Å². The second-order valence-corrected chi connectivity index (χ2v) is 5.65. The molecule has 3 rings (SSSR count). The van der Waals surface area contributed by atoms with Gasteiger partial charge in [0.15, 0.2) is 5.69 Å². The number of hydrogen-bond donors (Lipinski definition) is 1. The lowest BCUT2D eigenvalue weighted by molar-refractivity contribution is 0.0271. The van der Waals surface area contributed by atoms with Gasteiger partial charge in [-0.25, -0.2) is 4.68 Å². The molecule has 0 saturated carbocycles. The van der Waals surface area contributed by atoms with Crippen molar-refractivity contribution in [1.82, 2.24) is 15.1 Å². The van der Waals surface area contributed by atoms with Gasteiger partial charge < -0.3 is 10.1 Å². The Morgan fingerprint density at radius 3 is 2.86 bits per heavy atom. The summed E-state index contributed by atoms with van der Waals surface area (Å²) in [5, 5.41) is 7.38. The number of nitrogens with zero attached hydrogens (tertiary/aromatic N) is 2. The highest BCUT2D eigenvalue weighted by Gasteiger charge is 2.30. The summed E-state index contributed by atoms with van der Waals surface area (Å²) < 4.78 is 7.16. The Balaban J connectivity index is 1.72. The fraction of sp³-hybridized carbons (Fsp3) is 0.375. The summed E-state index contributed by atoms with van der Waals surface area (Å²) in [6, 6.07) is 11.5. The van der Waals surface area contributed by atoms with Crippen LogP contribution in [0.15, 0.2) is 42.6 Å². The predicted octanol–water partition coefficient (Wildman–Crippen LogP) is 2.17. The van der Waals surface area contributed by atoms with Crippen LogP contribution in [-0.4, -0.2) is 34.4 Å². The third-order valence-electron chi connectivity index (χ3n) is 3.70. The van der Waals surface area contributed by atoms with Crippen molar-refractivity contribution in [1.29, 1.82) is 0 Å². The first-order chi connectivity index (χ1) is 10.2. The number of rotatable bonds is 3. The Bertz CT molecular complexity index is 615. The van der Waals surface area contributed by atoms with Gasteiger partial charge in [0.1, 0.15) is 0 Å². The van der Waals surface area contributed by atoms with Crippen LogP contribution in [0.2, 0.25) is 0 Å². The Labute approximate surface area is 123 Å². The molecule has 1 aliphatic heterocycles. The van der Waals surface area contributed by atoms with E-state index in [4.69, 9.17) is 4.74 Å². The van der Waals surface area contributed by atoms with Crippen molar-refractivity contribution in [2.24, 2.45) is 0 Å². The molecule has 0 radical (unpaired) electrons. The van der Waals surface area contributed by atoms with E-state index in [-0.39, 0.29) is 11.4 Å². The van der Waals surface area contributed by atoms with E-state index in [0.717, 1.165) is 25.1 Å². The predicted molar refractivity (Wildman–Crippen MR) is 79.5 cm³/mol. The SMILES string of the molecule is C[C@]1(NC(=O)c2ccn(-c3ccccc3)n2)CCCOC1. The standard InChI is InChI=1S/C16H19N3O2/c1-16(9-5-11-21-12-16)17-15(20)14-8-10-19(18-14)13-6-3-2-4-7-13/h2-4,6-8,10H,5,9,11-12H2,1H3,(H,17,20)/t16-/m0/s1. The van der Waals surface area contributed by atoms with E-state index in [2.05, 4.69) is 10.4 Å². The minimum atomic E-state index is -0.300. The molecule has 5 nitrogen and oxygen atoms in total. The van der Waals surface area contributed by atoms with Gasteiger partial charge in [0.25, 0.3) is 5.91 Å². The molecule has 0 bridgehead atoms. The van der Waals surface area contributed by atoms with Crippen LogP contribution in [0.3, 0.4) is 0 Å². The number of para-hydroxylation sites is 1. The van der Waals surface area contributed by atoms with Gasteiger partial charge in [-0.15, -0.1) is 0 Å². The third kappa shape index (κ3) is 3.13. The lowest BCUT2D eigenvalue weighted by atomic mass is 9.95. The van der Waals surface area contributed by atoms with Crippen LogP contribution in [0.4, 0.5) is 0 Å². The average Bonchev–Trinajstić information content (AvgIpc) is 2.98. The van der Waals surface area contributed by atoms with E-state index >= 15 is 0 Å². The van der Waals surface area contributed by atoms with Crippen molar-refractivity contribution >= 4 is 5.91 Å². The average molecular weight is 285 g/mol. The number of amides is 1. The molecule has 1 aromatic heterocycles. The Hall–Kier alpha value is -2.14. The number of ether oxygens (including phenoxy) is 1.